The number of hydrogen-bond acceptors (Lipinski definition) is 2. The zero-order valence-corrected chi connectivity index (χ0v) is 12.5. The molecule has 1 aliphatic rings. The van der Waals surface area contributed by atoms with Gasteiger partial charge in [0, 0.05) is 19.1 Å². The number of rotatable bonds is 6. The number of carbonyl (C=O) groups is 1. The summed E-state index contributed by atoms with van der Waals surface area (Å²) < 4.78 is 0. The number of benzene rings is 1. The smallest absolute Gasteiger partial charge is 0.236 e. The van der Waals surface area contributed by atoms with E-state index in [0.29, 0.717) is 12.6 Å². The Morgan fingerprint density at radius 3 is 2.60 bits per heavy atom. The summed E-state index contributed by atoms with van der Waals surface area (Å²) in [5.74, 6) is 0.260. The van der Waals surface area contributed by atoms with E-state index in [9.17, 15) is 4.79 Å². The van der Waals surface area contributed by atoms with Gasteiger partial charge in [-0.3, -0.25) is 4.79 Å². The lowest BCUT2D eigenvalue weighted by Crippen LogP contribution is -2.43. The monoisotopic (exact) mass is 274 g/mol. The number of aryl methyl sites for hydroxylation is 1. The lowest BCUT2D eigenvalue weighted by molar-refractivity contribution is -0.131. The van der Waals surface area contributed by atoms with Crippen LogP contribution >= 0.6 is 0 Å². The van der Waals surface area contributed by atoms with Gasteiger partial charge in [0.15, 0.2) is 0 Å². The molecule has 0 aromatic heterocycles. The second kappa shape index (κ2) is 8.05. The molecule has 1 unspecified atom stereocenters. The van der Waals surface area contributed by atoms with Crippen LogP contribution in [0, 0.1) is 0 Å². The summed E-state index contributed by atoms with van der Waals surface area (Å²) in [4.78, 5) is 14.0. The molecule has 1 atom stereocenters. The number of hydrogen-bond donors (Lipinski definition) is 1. The van der Waals surface area contributed by atoms with Crippen molar-refractivity contribution >= 4 is 5.91 Å². The van der Waals surface area contributed by atoms with E-state index in [4.69, 9.17) is 0 Å². The van der Waals surface area contributed by atoms with Gasteiger partial charge in [-0.25, -0.2) is 0 Å². The third kappa shape index (κ3) is 4.97. The fraction of sp³-hybridized carbons (Fsp3) is 0.588. The van der Waals surface area contributed by atoms with Crippen molar-refractivity contribution in [1.82, 2.24) is 10.2 Å². The van der Waals surface area contributed by atoms with Gasteiger partial charge in [-0.2, -0.15) is 0 Å². The first kappa shape index (κ1) is 15.0. The van der Waals surface area contributed by atoms with Gasteiger partial charge in [-0.05, 0) is 44.6 Å². The third-order valence-corrected chi connectivity index (χ3v) is 4.02. The molecule has 3 heteroatoms. The molecule has 1 fully saturated rings. The van der Waals surface area contributed by atoms with Gasteiger partial charge in [0.25, 0.3) is 0 Å². The molecule has 1 aliphatic heterocycles. The average Bonchev–Trinajstić information content (AvgIpc) is 2.52. The van der Waals surface area contributed by atoms with Crippen LogP contribution < -0.4 is 5.32 Å². The first-order valence-corrected chi connectivity index (χ1v) is 7.81. The first-order chi connectivity index (χ1) is 9.75. The molecule has 3 nitrogen and oxygen atoms in total. The van der Waals surface area contributed by atoms with E-state index in [1.807, 2.05) is 11.0 Å². The van der Waals surface area contributed by atoms with Crippen LogP contribution in [0.5, 0.6) is 0 Å². The molecule has 2 rings (SSSR count). The maximum atomic E-state index is 12.0. The molecular formula is C17H26N2O. The van der Waals surface area contributed by atoms with Crippen molar-refractivity contribution in [3.8, 4) is 0 Å². The van der Waals surface area contributed by atoms with Crippen LogP contribution in [0.25, 0.3) is 0 Å². The Labute approximate surface area is 122 Å². The summed E-state index contributed by atoms with van der Waals surface area (Å²) in [7, 11) is 0. The fourth-order valence-corrected chi connectivity index (χ4v) is 2.65. The predicted octanol–water partition coefficient (Wildman–Crippen LogP) is 2.61. The summed E-state index contributed by atoms with van der Waals surface area (Å²) in [5.41, 5.74) is 1.36. The van der Waals surface area contributed by atoms with E-state index < -0.39 is 0 Å². The van der Waals surface area contributed by atoms with Crippen LogP contribution in [0.1, 0.15) is 38.2 Å². The summed E-state index contributed by atoms with van der Waals surface area (Å²) in [6, 6.07) is 10.9. The molecular weight excluding hydrogens is 248 g/mol. The molecule has 0 saturated carbocycles. The molecule has 1 aromatic rings. The van der Waals surface area contributed by atoms with Crippen LogP contribution in [-0.4, -0.2) is 36.5 Å². The minimum Gasteiger partial charge on any atom is -0.342 e. The van der Waals surface area contributed by atoms with Crippen LogP contribution in [0.15, 0.2) is 30.3 Å². The van der Waals surface area contributed by atoms with Gasteiger partial charge in [-0.15, -0.1) is 0 Å². The van der Waals surface area contributed by atoms with Crippen molar-refractivity contribution in [2.75, 3.05) is 19.6 Å². The quantitative estimate of drug-likeness (QED) is 0.865. The van der Waals surface area contributed by atoms with E-state index >= 15 is 0 Å². The molecule has 1 saturated heterocycles. The number of nitrogens with one attached hydrogen (secondary N) is 1. The highest BCUT2D eigenvalue weighted by Crippen LogP contribution is 2.09. The van der Waals surface area contributed by atoms with Crippen molar-refractivity contribution in [3.05, 3.63) is 35.9 Å². The second-order valence-electron chi connectivity index (χ2n) is 5.75. The maximum absolute atomic E-state index is 12.0. The van der Waals surface area contributed by atoms with Crippen molar-refractivity contribution in [3.63, 3.8) is 0 Å². The maximum Gasteiger partial charge on any atom is 0.236 e. The average molecular weight is 274 g/mol. The molecule has 1 heterocycles. The molecule has 1 amide bonds. The molecule has 1 aromatic carbocycles. The Kier molecular flexibility index (Phi) is 6.06. The van der Waals surface area contributed by atoms with E-state index in [1.54, 1.807) is 0 Å². The number of amides is 1. The van der Waals surface area contributed by atoms with Crippen LogP contribution in [0.3, 0.4) is 0 Å². The summed E-state index contributed by atoms with van der Waals surface area (Å²) in [6.07, 6.45) is 5.72. The Hall–Kier alpha value is -1.35. The number of likely N-dealkylation sites (tertiary alicyclic amines) is 1. The lowest BCUT2D eigenvalue weighted by atomic mass is 10.1. The number of nitrogens with zero attached hydrogens (tertiary/aromatic N) is 1. The normalized spacial score (nSPS) is 16.9. The van der Waals surface area contributed by atoms with E-state index in [2.05, 4.69) is 36.5 Å². The molecule has 1 N–H and O–H groups in total. The first-order valence-electron chi connectivity index (χ1n) is 7.81. The highest BCUT2D eigenvalue weighted by atomic mass is 16.2. The third-order valence-electron chi connectivity index (χ3n) is 4.02. The summed E-state index contributed by atoms with van der Waals surface area (Å²) in [6.45, 7) is 4.53. The Balaban J connectivity index is 1.64. The van der Waals surface area contributed by atoms with E-state index in [1.165, 1.54) is 12.0 Å². The van der Waals surface area contributed by atoms with Gasteiger partial charge in [-0.1, -0.05) is 30.3 Å². The van der Waals surface area contributed by atoms with Gasteiger partial charge < -0.3 is 10.2 Å². The van der Waals surface area contributed by atoms with Crippen LogP contribution in [0.2, 0.25) is 0 Å². The molecule has 0 spiro atoms. The highest BCUT2D eigenvalue weighted by molar-refractivity contribution is 5.78. The van der Waals surface area contributed by atoms with Crippen molar-refractivity contribution < 1.29 is 4.79 Å². The standard InChI is InChI=1S/C17H26N2O/c1-15(10-11-16-8-4-2-5-9-16)18-14-17(20)19-12-6-3-7-13-19/h2,4-5,8-9,15,18H,3,6-7,10-14H2,1H3. The van der Waals surface area contributed by atoms with Gasteiger partial charge in [0.1, 0.15) is 0 Å². The van der Waals surface area contributed by atoms with Gasteiger partial charge >= 0.3 is 0 Å². The summed E-state index contributed by atoms with van der Waals surface area (Å²) in [5, 5.41) is 3.36. The van der Waals surface area contributed by atoms with Crippen molar-refractivity contribution in [2.24, 2.45) is 0 Å². The topological polar surface area (TPSA) is 32.3 Å². The summed E-state index contributed by atoms with van der Waals surface area (Å²) >= 11 is 0. The molecule has 0 bridgehead atoms. The van der Waals surface area contributed by atoms with Crippen molar-refractivity contribution in [1.29, 1.82) is 0 Å². The lowest BCUT2D eigenvalue weighted by Gasteiger charge is -2.27. The molecule has 110 valence electrons. The highest BCUT2D eigenvalue weighted by Gasteiger charge is 2.16. The SMILES string of the molecule is CC(CCc1ccccc1)NCC(=O)N1CCCCC1. The van der Waals surface area contributed by atoms with Gasteiger partial charge in [0.2, 0.25) is 5.91 Å². The fourth-order valence-electron chi connectivity index (χ4n) is 2.65. The van der Waals surface area contributed by atoms with Crippen LogP contribution in [0.4, 0.5) is 0 Å². The molecule has 20 heavy (non-hydrogen) atoms. The zero-order chi connectivity index (χ0) is 14.2. The minimum atomic E-state index is 0.260. The molecule has 0 radical (unpaired) electrons. The Bertz CT molecular complexity index is 399. The predicted molar refractivity (Wildman–Crippen MR) is 82.7 cm³/mol. The minimum absolute atomic E-state index is 0.260. The number of piperidine rings is 1. The van der Waals surface area contributed by atoms with Crippen LogP contribution in [-0.2, 0) is 11.2 Å². The Morgan fingerprint density at radius 2 is 1.90 bits per heavy atom. The zero-order valence-electron chi connectivity index (χ0n) is 12.5. The second-order valence-corrected chi connectivity index (χ2v) is 5.75. The van der Waals surface area contributed by atoms with Crippen molar-refractivity contribution in [2.45, 2.75) is 45.1 Å². The largest absolute Gasteiger partial charge is 0.342 e. The van der Waals surface area contributed by atoms with E-state index in [0.717, 1.165) is 38.8 Å². The van der Waals surface area contributed by atoms with Gasteiger partial charge in [0.05, 0.1) is 6.54 Å². The number of carbonyl (C=O) groups excluding carboxylic acids is 1. The molecule has 0 aliphatic carbocycles. The Morgan fingerprint density at radius 1 is 1.20 bits per heavy atom. The van der Waals surface area contributed by atoms with E-state index in [-0.39, 0.29) is 5.91 Å².